The number of allylic oxidation sites excluding steroid dienone is 1. The summed E-state index contributed by atoms with van der Waals surface area (Å²) in [7, 11) is 0. The van der Waals surface area contributed by atoms with Crippen molar-refractivity contribution in [3.63, 3.8) is 0 Å². The monoisotopic (exact) mass is 150 g/mol. The number of alkyl halides is 1. The summed E-state index contributed by atoms with van der Waals surface area (Å²) in [4.78, 5) is 0. The molecule has 0 aromatic rings. The number of halogens is 1. The van der Waals surface area contributed by atoms with Gasteiger partial charge in [-0.25, -0.2) is 0 Å². The zero-order valence-electron chi connectivity index (χ0n) is 5.38. The second kappa shape index (κ2) is 5.92. The second-order valence-corrected chi connectivity index (χ2v) is 1.92. The predicted molar refractivity (Wildman–Crippen MR) is 37.5 cm³/mol. The molecule has 0 saturated carbocycles. The average Bonchev–Trinajstić information content (AvgIpc) is 1.89. The summed E-state index contributed by atoms with van der Waals surface area (Å²) in [6.45, 7) is 2.11. The SMILES string of the molecule is C/C=C/OC[C@@H](O)CCl. The van der Waals surface area contributed by atoms with Gasteiger partial charge in [0.15, 0.2) is 0 Å². The molecule has 0 amide bonds. The highest BCUT2D eigenvalue weighted by molar-refractivity contribution is 6.18. The quantitative estimate of drug-likeness (QED) is 0.481. The molecule has 0 aliphatic carbocycles. The fourth-order valence-corrected chi connectivity index (χ4v) is 0.396. The van der Waals surface area contributed by atoms with E-state index >= 15 is 0 Å². The number of hydrogen-bond acceptors (Lipinski definition) is 2. The van der Waals surface area contributed by atoms with Gasteiger partial charge in [0, 0.05) is 0 Å². The smallest absolute Gasteiger partial charge is 0.114 e. The molecule has 0 heterocycles. The van der Waals surface area contributed by atoms with E-state index in [-0.39, 0.29) is 12.5 Å². The Morgan fingerprint density at radius 1 is 1.78 bits per heavy atom. The Kier molecular flexibility index (Phi) is 5.78. The average molecular weight is 151 g/mol. The molecule has 0 bridgehead atoms. The van der Waals surface area contributed by atoms with Crippen LogP contribution in [-0.2, 0) is 4.74 Å². The summed E-state index contributed by atoms with van der Waals surface area (Å²) in [6.07, 6.45) is 2.72. The van der Waals surface area contributed by atoms with Crippen LogP contribution in [0.25, 0.3) is 0 Å². The first-order valence-corrected chi connectivity index (χ1v) is 3.31. The van der Waals surface area contributed by atoms with Gasteiger partial charge in [0.25, 0.3) is 0 Å². The van der Waals surface area contributed by atoms with Gasteiger partial charge in [-0.3, -0.25) is 0 Å². The molecule has 0 aliphatic heterocycles. The molecule has 0 radical (unpaired) electrons. The van der Waals surface area contributed by atoms with Crippen molar-refractivity contribution >= 4 is 11.6 Å². The minimum atomic E-state index is -0.553. The molecule has 0 aliphatic rings. The Balaban J connectivity index is 3.06. The fraction of sp³-hybridized carbons (Fsp3) is 0.667. The first-order valence-electron chi connectivity index (χ1n) is 2.78. The molecular weight excluding hydrogens is 140 g/mol. The first kappa shape index (κ1) is 8.79. The fourth-order valence-electron chi connectivity index (χ4n) is 0.307. The van der Waals surface area contributed by atoms with Crippen molar-refractivity contribution in [1.29, 1.82) is 0 Å². The van der Waals surface area contributed by atoms with Crippen molar-refractivity contribution in [2.45, 2.75) is 13.0 Å². The first-order chi connectivity index (χ1) is 4.31. The molecule has 54 valence electrons. The summed E-state index contributed by atoms with van der Waals surface area (Å²) < 4.78 is 4.82. The van der Waals surface area contributed by atoms with Crippen LogP contribution in [0.1, 0.15) is 6.92 Å². The number of aliphatic hydroxyl groups is 1. The Hall–Kier alpha value is -0.210. The molecule has 0 spiro atoms. The Bertz CT molecular complexity index is 83.1. The van der Waals surface area contributed by atoms with Gasteiger partial charge in [-0.1, -0.05) is 6.08 Å². The van der Waals surface area contributed by atoms with E-state index in [0.29, 0.717) is 0 Å². The summed E-state index contributed by atoms with van der Waals surface area (Å²) in [5.41, 5.74) is 0. The van der Waals surface area contributed by atoms with E-state index in [9.17, 15) is 0 Å². The lowest BCUT2D eigenvalue weighted by Crippen LogP contribution is -2.14. The van der Waals surface area contributed by atoms with Crippen molar-refractivity contribution in [3.05, 3.63) is 12.3 Å². The second-order valence-electron chi connectivity index (χ2n) is 1.61. The molecule has 2 nitrogen and oxygen atoms in total. The Morgan fingerprint density at radius 3 is 2.89 bits per heavy atom. The number of ether oxygens (including phenoxy) is 1. The normalized spacial score (nSPS) is 14.1. The number of aliphatic hydroxyl groups excluding tert-OH is 1. The minimum absolute atomic E-state index is 0.220. The van der Waals surface area contributed by atoms with Gasteiger partial charge < -0.3 is 9.84 Å². The maximum atomic E-state index is 8.79. The molecule has 9 heavy (non-hydrogen) atoms. The minimum Gasteiger partial charge on any atom is -0.499 e. The summed E-state index contributed by atoms with van der Waals surface area (Å²) in [6, 6.07) is 0. The molecule has 0 rings (SSSR count). The molecule has 1 atom stereocenters. The topological polar surface area (TPSA) is 29.5 Å². The van der Waals surface area contributed by atoms with E-state index in [2.05, 4.69) is 0 Å². The van der Waals surface area contributed by atoms with E-state index in [1.807, 2.05) is 6.92 Å². The lowest BCUT2D eigenvalue weighted by atomic mass is 10.4. The Morgan fingerprint density at radius 2 is 2.44 bits per heavy atom. The summed E-state index contributed by atoms with van der Waals surface area (Å²) in [5.74, 6) is 0.220. The van der Waals surface area contributed by atoms with Crippen LogP contribution in [0.3, 0.4) is 0 Å². The maximum absolute atomic E-state index is 8.79. The van der Waals surface area contributed by atoms with Crippen LogP contribution in [0.15, 0.2) is 12.3 Å². The van der Waals surface area contributed by atoms with Crippen molar-refractivity contribution in [1.82, 2.24) is 0 Å². The maximum Gasteiger partial charge on any atom is 0.114 e. The molecule has 0 saturated heterocycles. The highest BCUT2D eigenvalue weighted by Gasteiger charge is 1.98. The zero-order chi connectivity index (χ0) is 7.11. The summed E-state index contributed by atoms with van der Waals surface area (Å²) >= 11 is 5.28. The van der Waals surface area contributed by atoms with Crippen LogP contribution >= 0.6 is 11.6 Å². The van der Waals surface area contributed by atoms with E-state index in [4.69, 9.17) is 21.4 Å². The lowest BCUT2D eigenvalue weighted by molar-refractivity contribution is 0.0998. The van der Waals surface area contributed by atoms with Gasteiger partial charge in [0.05, 0.1) is 12.1 Å². The number of rotatable bonds is 4. The Labute approximate surface area is 60.1 Å². The molecule has 0 fully saturated rings. The molecule has 1 N–H and O–H groups in total. The van der Waals surface area contributed by atoms with Gasteiger partial charge in [0.1, 0.15) is 12.7 Å². The highest BCUT2D eigenvalue weighted by atomic mass is 35.5. The van der Waals surface area contributed by atoms with Gasteiger partial charge in [-0.15, -0.1) is 11.6 Å². The van der Waals surface area contributed by atoms with Crippen LogP contribution < -0.4 is 0 Å². The molecular formula is C6H11ClO2. The van der Waals surface area contributed by atoms with Crippen molar-refractivity contribution in [2.24, 2.45) is 0 Å². The largest absolute Gasteiger partial charge is 0.499 e. The van der Waals surface area contributed by atoms with Gasteiger partial charge in [-0.2, -0.15) is 0 Å². The van der Waals surface area contributed by atoms with E-state index < -0.39 is 6.10 Å². The van der Waals surface area contributed by atoms with Gasteiger partial charge in [0.2, 0.25) is 0 Å². The van der Waals surface area contributed by atoms with Gasteiger partial charge >= 0.3 is 0 Å². The van der Waals surface area contributed by atoms with E-state index in [1.54, 1.807) is 6.08 Å². The van der Waals surface area contributed by atoms with E-state index in [0.717, 1.165) is 0 Å². The third kappa shape index (κ3) is 5.66. The van der Waals surface area contributed by atoms with Crippen LogP contribution in [0, 0.1) is 0 Å². The lowest BCUT2D eigenvalue weighted by Gasteiger charge is -2.03. The zero-order valence-corrected chi connectivity index (χ0v) is 6.14. The third-order valence-corrected chi connectivity index (χ3v) is 1.06. The van der Waals surface area contributed by atoms with Crippen molar-refractivity contribution in [3.8, 4) is 0 Å². The van der Waals surface area contributed by atoms with Crippen molar-refractivity contribution < 1.29 is 9.84 Å². The van der Waals surface area contributed by atoms with Crippen LogP contribution in [0.4, 0.5) is 0 Å². The standard InChI is InChI=1S/C6H11ClO2/c1-2-3-9-5-6(8)4-7/h2-3,6,8H,4-5H2,1H3/b3-2+/t6-/m0/s1. The van der Waals surface area contributed by atoms with Crippen LogP contribution in [-0.4, -0.2) is 23.7 Å². The van der Waals surface area contributed by atoms with Crippen LogP contribution in [0.2, 0.25) is 0 Å². The third-order valence-electron chi connectivity index (χ3n) is 0.699. The molecule has 3 heteroatoms. The number of hydrogen-bond donors (Lipinski definition) is 1. The summed E-state index contributed by atoms with van der Waals surface area (Å²) in [5, 5.41) is 8.79. The van der Waals surface area contributed by atoms with Gasteiger partial charge in [-0.05, 0) is 6.92 Å². The predicted octanol–water partition coefficient (Wildman–Crippen LogP) is 1.14. The molecule has 0 aromatic heterocycles. The molecule has 0 unspecified atom stereocenters. The van der Waals surface area contributed by atoms with E-state index in [1.165, 1.54) is 6.26 Å². The molecule has 0 aromatic carbocycles. The van der Waals surface area contributed by atoms with Crippen LogP contribution in [0.5, 0.6) is 0 Å². The highest BCUT2D eigenvalue weighted by Crippen LogP contribution is 1.88. The van der Waals surface area contributed by atoms with Crippen molar-refractivity contribution in [2.75, 3.05) is 12.5 Å².